The third-order valence-corrected chi connectivity index (χ3v) is 7.04. The standard InChI is InChI=1S/C30H31N3O5S/c1-4-8-23-15-22(18-27-29(34)32-30(39-27)31-24-13-11-20(5-2)12-14-24)17-26(37-6-3)28(23)38-19-21-9-7-10-25(16-21)33(35)36/h4,7,9-18,30-31H,1,5-6,8,19H2,2-3H3,(H,32,34)/b27-18-/t30-/m0/s1. The van der Waals surface area contributed by atoms with Gasteiger partial charge in [0.25, 0.3) is 11.6 Å². The lowest BCUT2D eigenvalue weighted by atomic mass is 10.0. The van der Waals surface area contributed by atoms with Crippen molar-refractivity contribution in [1.29, 1.82) is 0 Å². The van der Waals surface area contributed by atoms with E-state index in [0.29, 0.717) is 35.0 Å². The molecule has 0 saturated carbocycles. The van der Waals surface area contributed by atoms with Crippen molar-refractivity contribution >= 4 is 35.1 Å². The van der Waals surface area contributed by atoms with E-state index in [-0.39, 0.29) is 23.7 Å². The van der Waals surface area contributed by atoms with Crippen LogP contribution in [0.4, 0.5) is 11.4 Å². The van der Waals surface area contributed by atoms with Gasteiger partial charge in [-0.2, -0.15) is 0 Å². The molecule has 0 radical (unpaired) electrons. The SMILES string of the molecule is C=CCc1cc(/C=C2\S[C@@H](Nc3ccc(CC)cc3)NC2=O)cc(OCC)c1OCc1cccc([N+](=O)[O-])c1. The summed E-state index contributed by atoms with van der Waals surface area (Å²) in [5.41, 5.74) is 4.21. The van der Waals surface area contributed by atoms with Gasteiger partial charge in [-0.1, -0.05) is 49.0 Å². The van der Waals surface area contributed by atoms with Gasteiger partial charge in [0.05, 0.1) is 16.4 Å². The number of amides is 1. The van der Waals surface area contributed by atoms with Gasteiger partial charge in [0, 0.05) is 23.4 Å². The number of nitro groups is 1. The van der Waals surface area contributed by atoms with E-state index in [0.717, 1.165) is 23.2 Å². The molecule has 2 N–H and O–H groups in total. The summed E-state index contributed by atoms with van der Waals surface area (Å²) in [4.78, 5) is 24.0. The van der Waals surface area contributed by atoms with Crippen LogP contribution in [0.1, 0.15) is 36.1 Å². The van der Waals surface area contributed by atoms with Gasteiger partial charge in [-0.3, -0.25) is 14.9 Å². The number of hydrogen-bond donors (Lipinski definition) is 2. The van der Waals surface area contributed by atoms with Gasteiger partial charge in [0.1, 0.15) is 6.61 Å². The van der Waals surface area contributed by atoms with E-state index in [2.05, 4.69) is 36.3 Å². The summed E-state index contributed by atoms with van der Waals surface area (Å²) in [5.74, 6) is 0.920. The average Bonchev–Trinajstić information content (AvgIpc) is 3.27. The molecule has 39 heavy (non-hydrogen) atoms. The zero-order valence-corrected chi connectivity index (χ0v) is 22.8. The first-order valence-electron chi connectivity index (χ1n) is 12.7. The molecule has 0 spiro atoms. The minimum Gasteiger partial charge on any atom is -0.490 e. The highest BCUT2D eigenvalue weighted by atomic mass is 32.2. The summed E-state index contributed by atoms with van der Waals surface area (Å²) in [6.45, 7) is 8.41. The van der Waals surface area contributed by atoms with Gasteiger partial charge in [0.2, 0.25) is 0 Å². The molecule has 202 valence electrons. The maximum atomic E-state index is 12.7. The number of nitrogens with zero attached hydrogens (tertiary/aromatic N) is 1. The molecule has 0 bridgehead atoms. The summed E-state index contributed by atoms with van der Waals surface area (Å²) in [5, 5.41) is 17.5. The number of rotatable bonds is 12. The Morgan fingerprint density at radius 1 is 1.10 bits per heavy atom. The number of ether oxygens (including phenoxy) is 2. The predicted octanol–water partition coefficient (Wildman–Crippen LogP) is 6.46. The topological polar surface area (TPSA) is 103 Å². The molecule has 3 aromatic rings. The van der Waals surface area contributed by atoms with Crippen LogP contribution in [0.2, 0.25) is 0 Å². The first-order chi connectivity index (χ1) is 18.9. The van der Waals surface area contributed by atoms with E-state index in [1.54, 1.807) is 18.2 Å². The van der Waals surface area contributed by atoms with E-state index in [1.807, 2.05) is 37.3 Å². The van der Waals surface area contributed by atoms with Crippen molar-refractivity contribution in [2.75, 3.05) is 11.9 Å². The third-order valence-electron chi connectivity index (χ3n) is 6.01. The van der Waals surface area contributed by atoms with Crippen molar-refractivity contribution in [3.05, 3.63) is 111 Å². The second-order valence-corrected chi connectivity index (χ2v) is 9.97. The van der Waals surface area contributed by atoms with Crippen LogP contribution in [0.25, 0.3) is 6.08 Å². The minimum atomic E-state index is -0.431. The van der Waals surface area contributed by atoms with Crippen LogP contribution in [-0.2, 0) is 24.2 Å². The van der Waals surface area contributed by atoms with Crippen LogP contribution in [0.3, 0.4) is 0 Å². The van der Waals surface area contributed by atoms with E-state index in [9.17, 15) is 14.9 Å². The number of hydrogen-bond acceptors (Lipinski definition) is 7. The van der Waals surface area contributed by atoms with E-state index < -0.39 is 4.92 Å². The number of carbonyl (C=O) groups excluding carboxylic acids is 1. The lowest BCUT2D eigenvalue weighted by Crippen LogP contribution is -2.30. The first kappa shape index (κ1) is 27.8. The molecule has 3 aromatic carbocycles. The highest BCUT2D eigenvalue weighted by Crippen LogP contribution is 2.37. The van der Waals surface area contributed by atoms with Gasteiger partial charge in [0.15, 0.2) is 17.0 Å². The van der Waals surface area contributed by atoms with Gasteiger partial charge in [-0.05, 0) is 66.8 Å². The quantitative estimate of drug-likeness (QED) is 0.116. The highest BCUT2D eigenvalue weighted by Gasteiger charge is 2.27. The summed E-state index contributed by atoms with van der Waals surface area (Å²) in [7, 11) is 0. The summed E-state index contributed by atoms with van der Waals surface area (Å²) in [6, 6.07) is 18.3. The molecule has 1 aliphatic heterocycles. The third kappa shape index (κ3) is 7.20. The maximum absolute atomic E-state index is 12.7. The van der Waals surface area contributed by atoms with Crippen molar-refractivity contribution in [3.8, 4) is 11.5 Å². The Hall–Kier alpha value is -4.24. The van der Waals surface area contributed by atoms with Crippen LogP contribution in [-0.4, -0.2) is 22.9 Å². The van der Waals surface area contributed by atoms with Gasteiger partial charge in [-0.15, -0.1) is 6.58 Å². The van der Waals surface area contributed by atoms with Crippen LogP contribution >= 0.6 is 11.8 Å². The second-order valence-electron chi connectivity index (χ2n) is 8.82. The van der Waals surface area contributed by atoms with Gasteiger partial charge in [-0.25, -0.2) is 0 Å². The largest absolute Gasteiger partial charge is 0.490 e. The van der Waals surface area contributed by atoms with E-state index in [4.69, 9.17) is 9.47 Å². The molecule has 8 nitrogen and oxygen atoms in total. The number of nitrogens with one attached hydrogen (secondary N) is 2. The monoisotopic (exact) mass is 545 g/mol. The van der Waals surface area contributed by atoms with Crippen molar-refractivity contribution in [2.24, 2.45) is 0 Å². The number of nitro benzene ring substituents is 1. The van der Waals surface area contributed by atoms with Crippen molar-refractivity contribution in [2.45, 2.75) is 38.8 Å². The lowest BCUT2D eigenvalue weighted by Gasteiger charge is -2.17. The predicted molar refractivity (Wildman–Crippen MR) is 156 cm³/mol. The molecule has 1 aliphatic rings. The second kappa shape index (κ2) is 13.0. The molecule has 0 unspecified atom stereocenters. The molecule has 1 amide bonds. The molecule has 1 heterocycles. The number of allylic oxidation sites excluding steroid dienone is 1. The number of aryl methyl sites for hydroxylation is 1. The average molecular weight is 546 g/mol. The Morgan fingerprint density at radius 2 is 1.90 bits per heavy atom. The van der Waals surface area contributed by atoms with Gasteiger partial charge >= 0.3 is 0 Å². The molecule has 1 saturated heterocycles. The van der Waals surface area contributed by atoms with Crippen LogP contribution < -0.4 is 20.1 Å². The zero-order chi connectivity index (χ0) is 27.8. The lowest BCUT2D eigenvalue weighted by molar-refractivity contribution is -0.384. The Balaban J connectivity index is 1.56. The van der Waals surface area contributed by atoms with Crippen LogP contribution in [0.15, 0.2) is 78.2 Å². The fraction of sp³-hybridized carbons (Fsp3) is 0.233. The number of benzene rings is 3. The number of carbonyl (C=O) groups is 1. The van der Waals surface area contributed by atoms with E-state index >= 15 is 0 Å². The van der Waals surface area contributed by atoms with Crippen molar-refractivity contribution < 1.29 is 19.2 Å². The highest BCUT2D eigenvalue weighted by molar-refractivity contribution is 8.05. The Kier molecular flexibility index (Phi) is 9.27. The van der Waals surface area contributed by atoms with Crippen molar-refractivity contribution in [1.82, 2.24) is 5.32 Å². The molecular weight excluding hydrogens is 514 g/mol. The Bertz CT molecular complexity index is 1390. The molecule has 4 rings (SSSR count). The van der Waals surface area contributed by atoms with E-state index in [1.165, 1.54) is 29.5 Å². The van der Waals surface area contributed by atoms with Crippen LogP contribution in [0, 0.1) is 10.1 Å². The Labute approximate surface area is 232 Å². The summed E-state index contributed by atoms with van der Waals surface area (Å²) < 4.78 is 12.0. The molecule has 1 fully saturated rings. The number of non-ortho nitro benzene ring substituents is 1. The fourth-order valence-corrected chi connectivity index (χ4v) is 5.11. The summed E-state index contributed by atoms with van der Waals surface area (Å²) >= 11 is 1.41. The number of thioether (sulfide) groups is 1. The molecule has 0 aliphatic carbocycles. The van der Waals surface area contributed by atoms with Crippen molar-refractivity contribution in [3.63, 3.8) is 0 Å². The molecule has 9 heteroatoms. The minimum absolute atomic E-state index is 0.00697. The van der Waals surface area contributed by atoms with Crippen LogP contribution in [0.5, 0.6) is 11.5 Å². The molecular formula is C30H31N3O5S. The fourth-order valence-electron chi connectivity index (χ4n) is 4.12. The summed E-state index contributed by atoms with van der Waals surface area (Å²) in [6.07, 6.45) is 5.08. The van der Waals surface area contributed by atoms with Gasteiger partial charge < -0.3 is 20.1 Å². The number of anilines is 1. The smallest absolute Gasteiger partial charge is 0.269 e. The maximum Gasteiger partial charge on any atom is 0.269 e. The normalized spacial score (nSPS) is 15.6. The molecule has 0 aromatic heterocycles. The first-order valence-corrected chi connectivity index (χ1v) is 13.6. The zero-order valence-electron chi connectivity index (χ0n) is 21.9. The Morgan fingerprint density at radius 3 is 2.59 bits per heavy atom. The molecule has 1 atom stereocenters.